The Kier molecular flexibility index (Phi) is 11.2. The quantitative estimate of drug-likeness (QED) is 0.246. The van der Waals surface area contributed by atoms with Crippen molar-refractivity contribution in [3.05, 3.63) is 114 Å². The summed E-state index contributed by atoms with van der Waals surface area (Å²) in [6, 6.07) is 16.3. The van der Waals surface area contributed by atoms with Gasteiger partial charge in [-0.2, -0.15) is 0 Å². The van der Waals surface area contributed by atoms with E-state index in [2.05, 4.69) is 94.4 Å². The van der Waals surface area contributed by atoms with Gasteiger partial charge in [0.25, 0.3) is 0 Å². The summed E-state index contributed by atoms with van der Waals surface area (Å²) in [6.07, 6.45) is 16.9. The molecule has 4 aliphatic rings. The molecule has 0 bridgehead atoms. The molecule has 2 N–H and O–H groups in total. The van der Waals surface area contributed by atoms with Gasteiger partial charge in [-0.15, -0.1) is 0 Å². The summed E-state index contributed by atoms with van der Waals surface area (Å²) in [5.41, 5.74) is 15.9. The summed E-state index contributed by atoms with van der Waals surface area (Å²) >= 11 is 14.3. The van der Waals surface area contributed by atoms with Crippen LogP contribution < -0.4 is 10.6 Å². The van der Waals surface area contributed by atoms with Gasteiger partial charge in [0.05, 0.1) is 15.9 Å². The van der Waals surface area contributed by atoms with Gasteiger partial charge >= 0.3 is 0 Å². The summed E-state index contributed by atoms with van der Waals surface area (Å²) in [5.74, 6) is 4.56. The van der Waals surface area contributed by atoms with Crippen molar-refractivity contribution in [2.45, 2.75) is 147 Å². The van der Waals surface area contributed by atoms with Crippen LogP contribution in [0.5, 0.6) is 0 Å². The molecule has 5 heteroatoms. The molecular weight excluding hydrogens is 682 g/mol. The van der Waals surface area contributed by atoms with E-state index in [1.807, 2.05) is 6.07 Å². The minimum Gasteiger partial charge on any atom is -0.370 e. The number of rotatable bonds is 6. The summed E-state index contributed by atoms with van der Waals surface area (Å²) < 4.78 is 0. The maximum Gasteiger partial charge on any atom is 0.0998 e. The first-order chi connectivity index (χ1) is 24.6. The molecule has 7 rings (SSSR count). The van der Waals surface area contributed by atoms with Crippen molar-refractivity contribution in [2.24, 2.45) is 0 Å². The smallest absolute Gasteiger partial charge is 0.0998 e. The molecule has 274 valence electrons. The minimum atomic E-state index is -2.13. The van der Waals surface area contributed by atoms with Crippen LogP contribution in [0, 0.1) is 41.5 Å². The second-order valence-electron chi connectivity index (χ2n) is 16.7. The zero-order valence-corrected chi connectivity index (χ0v) is 34.6. The zero-order valence-electron chi connectivity index (χ0n) is 32.2. The van der Waals surface area contributed by atoms with Crippen LogP contribution in [0.15, 0.2) is 53.9 Å². The molecule has 0 radical (unpaired) electrons. The number of halogens is 2. The second kappa shape index (κ2) is 15.3. The Hall–Kier alpha value is -2.12. The Bertz CT molecular complexity index is 1780. The van der Waals surface area contributed by atoms with Gasteiger partial charge in [-0.3, -0.25) is 0 Å². The van der Waals surface area contributed by atoms with Crippen LogP contribution >= 0.6 is 30.1 Å². The second-order valence-corrected chi connectivity index (χ2v) is 21.7. The summed E-state index contributed by atoms with van der Waals surface area (Å²) in [4.78, 5) is 0. The van der Waals surface area contributed by atoms with Gasteiger partial charge in [-0.05, 0) is 142 Å². The fraction of sp³-hybridized carbons (Fsp3) is 0.543. The van der Waals surface area contributed by atoms with Crippen LogP contribution in [-0.2, 0) is 5.16 Å². The van der Waals surface area contributed by atoms with E-state index >= 15 is 0 Å². The third-order valence-corrected chi connectivity index (χ3v) is 20.4. The van der Waals surface area contributed by atoms with E-state index in [9.17, 15) is 0 Å². The van der Waals surface area contributed by atoms with E-state index in [1.54, 1.807) is 16.7 Å². The first kappa shape index (κ1) is 37.2. The van der Waals surface area contributed by atoms with Gasteiger partial charge in [0.2, 0.25) is 0 Å². The molecule has 3 aliphatic carbocycles. The maximum absolute atomic E-state index is 7.35. The lowest BCUT2D eigenvalue weighted by atomic mass is 9.67. The Labute approximate surface area is 319 Å². The molecular formula is C46H61Cl2N2P. The molecule has 1 aliphatic heterocycles. The highest BCUT2D eigenvalue weighted by atomic mass is 35.5. The molecule has 4 fully saturated rings. The van der Waals surface area contributed by atoms with Gasteiger partial charge < -0.3 is 10.6 Å². The molecule has 3 aromatic carbocycles. The first-order valence-electron chi connectivity index (χ1n) is 20.1. The predicted molar refractivity (Wildman–Crippen MR) is 225 cm³/mol. The highest BCUT2D eigenvalue weighted by Gasteiger charge is 2.59. The molecule has 1 saturated heterocycles. The van der Waals surface area contributed by atoms with Crippen LogP contribution in [0.3, 0.4) is 0 Å². The standard InChI is InChI=1S/C46H61Cl2N2P/c1-30-25-32(3)41(33(4)26-30)39-20-14-22-46(43(39)45-49-23-24-50-45,42-34(5)27-31(2)28-35(42)6)51(37-16-9-7-10-17-37,38-18-11-8-12-19-38)29-36-15-13-21-40(47)44(36)48/h13,15,21,25-29,37-39,49-50H,7-12,14,16-20,22-24H2,1-6H3. The topological polar surface area (TPSA) is 24.1 Å². The van der Waals surface area contributed by atoms with Crippen molar-refractivity contribution in [1.82, 2.24) is 10.6 Å². The molecule has 2 unspecified atom stereocenters. The molecule has 0 aromatic heterocycles. The van der Waals surface area contributed by atoms with Crippen molar-refractivity contribution in [1.29, 1.82) is 0 Å². The zero-order chi connectivity index (χ0) is 35.9. The van der Waals surface area contributed by atoms with E-state index in [0.717, 1.165) is 18.1 Å². The van der Waals surface area contributed by atoms with Gasteiger partial charge in [0.15, 0.2) is 0 Å². The average Bonchev–Trinajstić information content (AvgIpc) is 3.63. The number of hydrogen-bond donors (Lipinski definition) is 2. The van der Waals surface area contributed by atoms with Crippen LogP contribution in [0.25, 0.3) is 0 Å². The van der Waals surface area contributed by atoms with E-state index < -0.39 is 6.89 Å². The monoisotopic (exact) mass is 742 g/mol. The van der Waals surface area contributed by atoms with Crippen molar-refractivity contribution in [3.63, 3.8) is 0 Å². The van der Waals surface area contributed by atoms with Gasteiger partial charge in [-0.25, -0.2) is 0 Å². The normalized spacial score (nSPS) is 23.6. The third-order valence-electron chi connectivity index (χ3n) is 13.4. The van der Waals surface area contributed by atoms with Crippen molar-refractivity contribution >= 4 is 35.9 Å². The van der Waals surface area contributed by atoms with Gasteiger partial charge in [-0.1, -0.05) is 128 Å². The first-order valence-corrected chi connectivity index (χ1v) is 22.9. The Morgan fingerprint density at radius 2 is 1.20 bits per heavy atom. The molecule has 0 amide bonds. The number of benzene rings is 3. The molecule has 2 nitrogen and oxygen atoms in total. The average molecular weight is 744 g/mol. The summed E-state index contributed by atoms with van der Waals surface area (Å²) in [7, 11) is 0. The van der Waals surface area contributed by atoms with E-state index in [0.29, 0.717) is 22.3 Å². The van der Waals surface area contributed by atoms with Gasteiger partial charge in [0.1, 0.15) is 0 Å². The fourth-order valence-electron chi connectivity index (χ4n) is 12.0. The highest BCUT2D eigenvalue weighted by molar-refractivity contribution is 7.77. The minimum absolute atomic E-state index is 0.142. The van der Waals surface area contributed by atoms with E-state index in [1.165, 1.54) is 128 Å². The molecule has 1 heterocycles. The van der Waals surface area contributed by atoms with Crippen LogP contribution in [0.1, 0.15) is 139 Å². The van der Waals surface area contributed by atoms with E-state index in [-0.39, 0.29) is 5.16 Å². The van der Waals surface area contributed by atoms with Crippen molar-refractivity contribution < 1.29 is 0 Å². The van der Waals surface area contributed by atoms with Gasteiger partial charge in [0, 0.05) is 24.2 Å². The Morgan fingerprint density at radius 3 is 1.75 bits per heavy atom. The molecule has 3 aromatic rings. The van der Waals surface area contributed by atoms with Crippen LogP contribution in [0.2, 0.25) is 10.0 Å². The molecule has 51 heavy (non-hydrogen) atoms. The van der Waals surface area contributed by atoms with Crippen molar-refractivity contribution in [3.8, 4) is 0 Å². The molecule has 3 saturated carbocycles. The lowest BCUT2D eigenvalue weighted by Gasteiger charge is -2.61. The maximum atomic E-state index is 7.35. The Balaban J connectivity index is 1.71. The largest absolute Gasteiger partial charge is 0.370 e. The van der Waals surface area contributed by atoms with Crippen LogP contribution in [-0.4, -0.2) is 30.2 Å². The molecule has 0 spiro atoms. The third kappa shape index (κ3) is 6.57. The lowest BCUT2D eigenvalue weighted by molar-refractivity contribution is 0.416. The number of nitrogens with one attached hydrogen (secondary N) is 2. The Morgan fingerprint density at radius 1 is 0.667 bits per heavy atom. The summed E-state index contributed by atoms with van der Waals surface area (Å²) in [5, 5.41) is 9.36. The fourth-order valence-corrected chi connectivity index (χ4v) is 20.0. The lowest BCUT2D eigenvalue weighted by Crippen LogP contribution is -2.46. The van der Waals surface area contributed by atoms with Crippen molar-refractivity contribution in [2.75, 3.05) is 13.1 Å². The van der Waals surface area contributed by atoms with E-state index in [4.69, 9.17) is 23.2 Å². The molecule has 2 atom stereocenters. The predicted octanol–water partition coefficient (Wildman–Crippen LogP) is 12.9. The SMILES string of the molecule is Cc1cc(C)c(C2CCCC(c3c(C)cc(C)cc3C)(P(=Cc3cccc(Cl)c3Cl)(C3CCCCC3)C3CCCCC3)C2=C2NCCN2)c(C)c1. The number of hydrogen-bond acceptors (Lipinski definition) is 2. The summed E-state index contributed by atoms with van der Waals surface area (Å²) in [6.45, 7) is 14.0. The number of allylic oxidation sites excluding steroid dienone is 1. The van der Waals surface area contributed by atoms with Crippen LogP contribution in [0.4, 0.5) is 0 Å². The highest BCUT2D eigenvalue weighted by Crippen LogP contribution is 2.81. The number of aryl methyl sites for hydroxylation is 6.